The molecule has 1 aromatic rings. The number of hydrogen-bond acceptors (Lipinski definition) is 5. The van der Waals surface area contributed by atoms with Crippen LogP contribution in [0.1, 0.15) is 44.6 Å². The summed E-state index contributed by atoms with van der Waals surface area (Å²) in [4.78, 5) is 26.8. The average Bonchev–Trinajstić information content (AvgIpc) is 2.62. The zero-order valence-corrected chi connectivity index (χ0v) is 11.2. The monoisotopic (exact) mass is 256 g/mol. The van der Waals surface area contributed by atoms with Crippen molar-refractivity contribution in [3.63, 3.8) is 0 Å². The van der Waals surface area contributed by atoms with E-state index in [9.17, 15) is 9.59 Å². The van der Waals surface area contributed by atoms with Gasteiger partial charge in [-0.15, -0.1) is 11.3 Å². The van der Waals surface area contributed by atoms with Crippen molar-refractivity contribution in [3.8, 4) is 0 Å². The second-order valence-electron chi connectivity index (χ2n) is 4.44. The van der Waals surface area contributed by atoms with Gasteiger partial charge in [-0.3, -0.25) is 10.1 Å². The van der Waals surface area contributed by atoms with Gasteiger partial charge < -0.3 is 4.74 Å². The molecule has 0 saturated carbocycles. The molecule has 0 aliphatic rings. The lowest BCUT2D eigenvalue weighted by Crippen LogP contribution is -2.27. The third-order valence-corrected chi connectivity index (χ3v) is 2.48. The van der Waals surface area contributed by atoms with E-state index >= 15 is 0 Å². The number of thiazole rings is 1. The molecule has 0 radical (unpaired) electrons. The summed E-state index contributed by atoms with van der Waals surface area (Å²) in [5, 5.41) is 4.49. The highest BCUT2D eigenvalue weighted by Gasteiger charge is 2.17. The quantitative estimate of drug-likeness (QED) is 0.844. The lowest BCUT2D eigenvalue weighted by Gasteiger charge is -2.18. The molecule has 0 bridgehead atoms. The molecule has 1 amide bonds. The van der Waals surface area contributed by atoms with Crippen molar-refractivity contribution < 1.29 is 14.3 Å². The summed E-state index contributed by atoms with van der Waals surface area (Å²) in [6.45, 7) is 7.10. The molecular weight excluding hydrogens is 240 g/mol. The number of ketones is 1. The number of rotatable bonds is 3. The molecule has 1 N–H and O–H groups in total. The second kappa shape index (κ2) is 5.27. The minimum atomic E-state index is -0.567. The van der Waals surface area contributed by atoms with Crippen molar-refractivity contribution in [2.75, 3.05) is 5.32 Å². The third-order valence-electron chi connectivity index (χ3n) is 1.72. The maximum absolute atomic E-state index is 11.4. The van der Waals surface area contributed by atoms with E-state index in [1.54, 1.807) is 33.1 Å². The SMILES string of the molecule is CCC(=O)c1csc(NC(=O)OC(C)(C)C)n1. The van der Waals surface area contributed by atoms with Crippen LogP contribution in [0.2, 0.25) is 0 Å². The molecule has 1 heterocycles. The molecule has 1 aromatic heterocycles. The Bertz CT molecular complexity index is 421. The van der Waals surface area contributed by atoms with Gasteiger partial charge in [-0.05, 0) is 20.8 Å². The molecule has 5 nitrogen and oxygen atoms in total. The predicted octanol–water partition coefficient (Wildman–Crippen LogP) is 3.08. The minimum absolute atomic E-state index is 0.0431. The Hall–Kier alpha value is -1.43. The Morgan fingerprint density at radius 2 is 2.12 bits per heavy atom. The van der Waals surface area contributed by atoms with Gasteiger partial charge in [-0.1, -0.05) is 6.92 Å². The van der Waals surface area contributed by atoms with E-state index in [0.717, 1.165) is 0 Å². The Morgan fingerprint density at radius 1 is 1.47 bits per heavy atom. The fraction of sp³-hybridized carbons (Fsp3) is 0.545. The molecule has 17 heavy (non-hydrogen) atoms. The first kappa shape index (κ1) is 13.6. The van der Waals surface area contributed by atoms with Crippen LogP contribution < -0.4 is 5.32 Å². The molecule has 6 heteroatoms. The summed E-state index contributed by atoms with van der Waals surface area (Å²) in [5.74, 6) is -0.0431. The topological polar surface area (TPSA) is 68.3 Å². The predicted molar refractivity (Wildman–Crippen MR) is 66.6 cm³/mol. The number of hydrogen-bond donors (Lipinski definition) is 1. The Balaban J connectivity index is 2.61. The third kappa shape index (κ3) is 4.52. The van der Waals surface area contributed by atoms with Crippen molar-refractivity contribution in [2.24, 2.45) is 0 Å². The number of amides is 1. The first-order valence-corrected chi connectivity index (χ1v) is 6.18. The highest BCUT2D eigenvalue weighted by atomic mass is 32.1. The number of aromatic nitrogens is 1. The standard InChI is InChI=1S/C11H16N2O3S/c1-5-8(14)7-6-17-9(12-7)13-10(15)16-11(2,3)4/h6H,5H2,1-4H3,(H,12,13,15). The largest absolute Gasteiger partial charge is 0.444 e. The van der Waals surface area contributed by atoms with Gasteiger partial charge in [-0.2, -0.15) is 0 Å². The molecule has 1 rings (SSSR count). The van der Waals surface area contributed by atoms with Gasteiger partial charge in [0.2, 0.25) is 0 Å². The van der Waals surface area contributed by atoms with E-state index in [4.69, 9.17) is 4.74 Å². The summed E-state index contributed by atoms with van der Waals surface area (Å²) < 4.78 is 5.07. The zero-order chi connectivity index (χ0) is 13.1. The molecule has 94 valence electrons. The summed E-state index contributed by atoms with van der Waals surface area (Å²) in [6.07, 6.45) is -0.169. The average molecular weight is 256 g/mol. The number of carbonyl (C=O) groups is 2. The highest BCUT2D eigenvalue weighted by molar-refractivity contribution is 7.14. The number of nitrogens with one attached hydrogen (secondary N) is 1. The number of nitrogens with zero attached hydrogens (tertiary/aromatic N) is 1. The minimum Gasteiger partial charge on any atom is -0.444 e. The Kier molecular flexibility index (Phi) is 4.22. The van der Waals surface area contributed by atoms with Crippen LogP contribution in [0.3, 0.4) is 0 Å². The van der Waals surface area contributed by atoms with Gasteiger partial charge in [-0.25, -0.2) is 9.78 Å². The smallest absolute Gasteiger partial charge is 0.413 e. The van der Waals surface area contributed by atoms with Crippen LogP contribution in [0.5, 0.6) is 0 Å². The van der Waals surface area contributed by atoms with Gasteiger partial charge in [0.15, 0.2) is 10.9 Å². The van der Waals surface area contributed by atoms with Crippen molar-refractivity contribution in [3.05, 3.63) is 11.1 Å². The molecule has 0 aromatic carbocycles. The van der Waals surface area contributed by atoms with E-state index in [0.29, 0.717) is 17.2 Å². The number of anilines is 1. The second-order valence-corrected chi connectivity index (χ2v) is 5.30. The first-order chi connectivity index (χ1) is 7.81. The normalized spacial score (nSPS) is 11.1. The zero-order valence-electron chi connectivity index (χ0n) is 10.4. The van der Waals surface area contributed by atoms with Crippen LogP contribution in [0, 0.1) is 0 Å². The summed E-state index contributed by atoms with van der Waals surface area (Å²) in [7, 11) is 0. The maximum atomic E-state index is 11.4. The molecule has 0 aliphatic heterocycles. The first-order valence-electron chi connectivity index (χ1n) is 5.30. The van der Waals surface area contributed by atoms with E-state index in [2.05, 4.69) is 10.3 Å². The van der Waals surface area contributed by atoms with Gasteiger partial charge in [0.1, 0.15) is 11.3 Å². The fourth-order valence-electron chi connectivity index (χ4n) is 1.03. The molecule has 0 saturated heterocycles. The molecule has 0 spiro atoms. The highest BCUT2D eigenvalue weighted by Crippen LogP contribution is 2.17. The van der Waals surface area contributed by atoms with Crippen molar-refractivity contribution in [1.82, 2.24) is 4.98 Å². The molecule has 0 aliphatic carbocycles. The van der Waals surface area contributed by atoms with Gasteiger partial charge >= 0.3 is 6.09 Å². The fourth-order valence-corrected chi connectivity index (χ4v) is 1.73. The van der Waals surface area contributed by atoms with Crippen LogP contribution in [0.25, 0.3) is 0 Å². The molecule has 0 fully saturated rings. The van der Waals surface area contributed by atoms with Gasteiger partial charge in [0, 0.05) is 11.8 Å². The molecule has 0 unspecified atom stereocenters. The van der Waals surface area contributed by atoms with E-state index in [1.165, 1.54) is 11.3 Å². The Labute approximate surface area is 104 Å². The van der Waals surface area contributed by atoms with Crippen molar-refractivity contribution in [1.29, 1.82) is 0 Å². The van der Waals surface area contributed by atoms with Crippen LogP contribution in [0.15, 0.2) is 5.38 Å². The molecular formula is C11H16N2O3S. The summed E-state index contributed by atoms with van der Waals surface area (Å²) in [5.41, 5.74) is -0.174. The van der Waals surface area contributed by atoms with Crippen molar-refractivity contribution in [2.45, 2.75) is 39.7 Å². The van der Waals surface area contributed by atoms with Gasteiger partial charge in [0.25, 0.3) is 0 Å². The lowest BCUT2D eigenvalue weighted by molar-refractivity contribution is 0.0635. The Morgan fingerprint density at radius 3 is 2.65 bits per heavy atom. The van der Waals surface area contributed by atoms with E-state index < -0.39 is 11.7 Å². The summed E-state index contributed by atoms with van der Waals surface area (Å²) in [6, 6.07) is 0. The van der Waals surface area contributed by atoms with Gasteiger partial charge in [0.05, 0.1) is 0 Å². The van der Waals surface area contributed by atoms with E-state index in [1.807, 2.05) is 0 Å². The van der Waals surface area contributed by atoms with Crippen LogP contribution in [0.4, 0.5) is 9.93 Å². The number of carbonyl (C=O) groups excluding carboxylic acids is 2. The van der Waals surface area contributed by atoms with Crippen molar-refractivity contribution >= 4 is 28.3 Å². The lowest BCUT2D eigenvalue weighted by atomic mass is 10.2. The van der Waals surface area contributed by atoms with Crippen LogP contribution in [-0.2, 0) is 4.74 Å². The molecule has 0 atom stereocenters. The van der Waals surface area contributed by atoms with E-state index in [-0.39, 0.29) is 5.78 Å². The van der Waals surface area contributed by atoms with Crippen LogP contribution in [-0.4, -0.2) is 22.5 Å². The summed E-state index contributed by atoms with van der Waals surface area (Å²) >= 11 is 1.20. The number of ether oxygens (including phenoxy) is 1. The number of Topliss-reactive ketones (excluding diaryl/α,β-unsaturated/α-hetero) is 1. The maximum Gasteiger partial charge on any atom is 0.413 e. The van der Waals surface area contributed by atoms with Crippen LogP contribution >= 0.6 is 11.3 Å².